The maximum absolute atomic E-state index is 12.6. The summed E-state index contributed by atoms with van der Waals surface area (Å²) >= 11 is 0. The second-order valence-corrected chi connectivity index (χ2v) is 10.2. The zero-order valence-corrected chi connectivity index (χ0v) is 20.5. The van der Waals surface area contributed by atoms with Crippen LogP contribution in [0.1, 0.15) is 39.2 Å². The van der Waals surface area contributed by atoms with Gasteiger partial charge < -0.3 is 24.2 Å². The van der Waals surface area contributed by atoms with Gasteiger partial charge in [0.1, 0.15) is 18.5 Å². The average Bonchev–Trinajstić information content (AvgIpc) is 3.32. The molecule has 1 aliphatic carbocycles. The molecule has 6 atom stereocenters. The highest BCUT2D eigenvalue weighted by atomic mass is 16.6. The van der Waals surface area contributed by atoms with E-state index in [4.69, 9.17) is 14.2 Å². The molecule has 4 aliphatic rings. The molecule has 0 aromatic heterocycles. The zero-order valence-electron chi connectivity index (χ0n) is 20.5. The summed E-state index contributed by atoms with van der Waals surface area (Å²) in [6.45, 7) is 6.20. The van der Waals surface area contributed by atoms with Crippen LogP contribution in [0.25, 0.3) is 0 Å². The molecular weight excluding hydrogens is 436 g/mol. The van der Waals surface area contributed by atoms with Gasteiger partial charge in [0.25, 0.3) is 0 Å². The maximum Gasteiger partial charge on any atom is 0.303 e. The summed E-state index contributed by atoms with van der Waals surface area (Å²) in [5.41, 5.74) is -0.584. The number of likely N-dealkylation sites (N-methyl/N-ethyl adjacent to an activating group) is 1. The molecule has 3 heterocycles. The van der Waals surface area contributed by atoms with Crippen LogP contribution in [0.5, 0.6) is 5.75 Å². The molecule has 34 heavy (non-hydrogen) atoms. The van der Waals surface area contributed by atoms with Gasteiger partial charge in [-0.05, 0) is 31.0 Å². The normalized spacial score (nSPS) is 37.6. The van der Waals surface area contributed by atoms with Gasteiger partial charge in [-0.3, -0.25) is 14.5 Å². The van der Waals surface area contributed by atoms with Crippen molar-refractivity contribution in [3.05, 3.63) is 35.9 Å². The summed E-state index contributed by atoms with van der Waals surface area (Å²) in [6.07, 6.45) is 4.88. The predicted molar refractivity (Wildman–Crippen MR) is 126 cm³/mol. The van der Waals surface area contributed by atoms with E-state index in [1.807, 2.05) is 19.2 Å². The van der Waals surface area contributed by atoms with E-state index in [0.717, 1.165) is 36.5 Å². The van der Waals surface area contributed by atoms with Gasteiger partial charge in [0, 0.05) is 56.1 Å². The Hall–Kier alpha value is -2.58. The van der Waals surface area contributed by atoms with Crippen LogP contribution >= 0.6 is 0 Å². The Morgan fingerprint density at radius 1 is 1.21 bits per heavy atom. The molecule has 0 bridgehead atoms. The Kier molecular flexibility index (Phi) is 5.26. The van der Waals surface area contributed by atoms with Gasteiger partial charge in [-0.1, -0.05) is 25.1 Å². The molecule has 1 spiro atoms. The highest BCUT2D eigenvalue weighted by Crippen LogP contribution is 2.67. The average molecular weight is 471 g/mol. The minimum Gasteiger partial charge on any atom is -0.497 e. The van der Waals surface area contributed by atoms with Gasteiger partial charge in [0.2, 0.25) is 0 Å². The van der Waals surface area contributed by atoms with Crippen LogP contribution in [0.15, 0.2) is 30.4 Å². The summed E-state index contributed by atoms with van der Waals surface area (Å²) in [4.78, 5) is 28.9. The molecule has 1 unspecified atom stereocenters. The van der Waals surface area contributed by atoms with E-state index in [9.17, 15) is 14.7 Å². The fourth-order valence-electron chi connectivity index (χ4n) is 7.83. The maximum atomic E-state index is 12.6. The van der Waals surface area contributed by atoms with E-state index in [1.54, 1.807) is 7.11 Å². The molecule has 0 amide bonds. The number of benzene rings is 1. The Morgan fingerprint density at radius 2 is 1.97 bits per heavy atom. The number of aliphatic hydroxyl groups is 1. The number of carbonyl (C=O) groups excluding carboxylic acids is 2. The first-order chi connectivity index (χ1) is 16.2. The van der Waals surface area contributed by atoms with E-state index >= 15 is 0 Å². The van der Waals surface area contributed by atoms with Crippen LogP contribution in [-0.4, -0.2) is 79.6 Å². The van der Waals surface area contributed by atoms with Crippen LogP contribution in [0, 0.1) is 5.41 Å². The van der Waals surface area contributed by atoms with E-state index in [0.29, 0.717) is 6.42 Å². The van der Waals surface area contributed by atoms with Crippen LogP contribution in [0.4, 0.5) is 5.69 Å². The fourth-order valence-corrected chi connectivity index (χ4v) is 7.83. The Bertz CT molecular complexity index is 1060. The lowest BCUT2D eigenvalue weighted by Gasteiger charge is -2.64. The Morgan fingerprint density at radius 3 is 2.62 bits per heavy atom. The number of hydrogen-bond donors (Lipinski definition) is 1. The summed E-state index contributed by atoms with van der Waals surface area (Å²) in [6, 6.07) is 5.64. The molecule has 1 saturated carbocycles. The van der Waals surface area contributed by atoms with Crippen molar-refractivity contribution in [3.8, 4) is 5.75 Å². The van der Waals surface area contributed by atoms with Crippen LogP contribution in [0.2, 0.25) is 0 Å². The summed E-state index contributed by atoms with van der Waals surface area (Å²) < 4.78 is 17.0. The Labute approximate surface area is 200 Å². The van der Waals surface area contributed by atoms with Crippen LogP contribution < -0.4 is 9.64 Å². The molecule has 1 N–H and O–H groups in total. The number of ether oxygens (including phenoxy) is 3. The number of rotatable bonds is 5. The fraction of sp³-hybridized carbons (Fsp3) is 0.615. The number of methoxy groups -OCH3 is 1. The zero-order chi connectivity index (χ0) is 24.5. The van der Waals surface area contributed by atoms with Gasteiger partial charge in [0.05, 0.1) is 13.2 Å². The SMILES string of the molecule is CC[C@]12C=CCN3CC[C@@]4(c5ccc(OC)cc5N(C)[C@H]4C(O)(COC(C)=O)[C@@H]1OC(C)=O)[C@@H]32. The first-order valence-corrected chi connectivity index (χ1v) is 12.0. The predicted octanol–water partition coefficient (Wildman–Crippen LogP) is 2.03. The van der Waals surface area contributed by atoms with Crippen molar-refractivity contribution < 1.29 is 28.9 Å². The van der Waals surface area contributed by atoms with Crippen molar-refractivity contribution >= 4 is 17.6 Å². The van der Waals surface area contributed by atoms with E-state index in [-0.39, 0.29) is 12.6 Å². The summed E-state index contributed by atoms with van der Waals surface area (Å²) in [7, 11) is 3.60. The summed E-state index contributed by atoms with van der Waals surface area (Å²) in [5, 5.41) is 12.6. The number of carbonyl (C=O) groups is 2. The van der Waals surface area contributed by atoms with Crippen molar-refractivity contribution in [2.24, 2.45) is 5.41 Å². The summed E-state index contributed by atoms with van der Waals surface area (Å²) in [5.74, 6) is -0.209. The molecule has 8 nitrogen and oxygen atoms in total. The molecule has 1 aromatic rings. The van der Waals surface area contributed by atoms with Crippen LogP contribution in [-0.2, 0) is 24.5 Å². The van der Waals surface area contributed by atoms with Crippen molar-refractivity contribution in [1.29, 1.82) is 0 Å². The Balaban J connectivity index is 1.81. The highest BCUT2D eigenvalue weighted by molar-refractivity contribution is 5.72. The molecule has 2 fully saturated rings. The lowest BCUT2D eigenvalue weighted by atomic mass is 9.48. The molecule has 1 saturated heterocycles. The topological polar surface area (TPSA) is 88.5 Å². The molecule has 0 radical (unpaired) electrons. The third-order valence-electron chi connectivity index (χ3n) is 8.72. The lowest BCUT2D eigenvalue weighted by Crippen LogP contribution is -2.80. The van der Waals surface area contributed by atoms with Gasteiger partial charge >= 0.3 is 11.9 Å². The smallest absolute Gasteiger partial charge is 0.303 e. The largest absolute Gasteiger partial charge is 0.497 e. The number of nitrogens with zero attached hydrogens (tertiary/aromatic N) is 2. The van der Waals surface area contributed by atoms with Crippen molar-refractivity contribution in [2.45, 2.75) is 62.8 Å². The molecule has 5 rings (SSSR count). The van der Waals surface area contributed by atoms with E-state index < -0.39 is 40.5 Å². The first-order valence-electron chi connectivity index (χ1n) is 12.0. The third-order valence-corrected chi connectivity index (χ3v) is 8.72. The van der Waals surface area contributed by atoms with E-state index in [2.05, 4.69) is 34.9 Å². The number of fused-ring (bicyclic) bond motifs is 1. The number of esters is 2. The lowest BCUT2D eigenvalue weighted by molar-refractivity contribution is -0.232. The monoisotopic (exact) mass is 470 g/mol. The minimum absolute atomic E-state index is 0.0130. The molecule has 8 heteroatoms. The third kappa shape index (κ3) is 2.78. The van der Waals surface area contributed by atoms with Crippen LogP contribution in [0.3, 0.4) is 0 Å². The van der Waals surface area contributed by atoms with Gasteiger partial charge in [-0.2, -0.15) is 0 Å². The van der Waals surface area contributed by atoms with Gasteiger partial charge in [-0.25, -0.2) is 0 Å². The molecule has 3 aliphatic heterocycles. The van der Waals surface area contributed by atoms with Crippen molar-refractivity contribution in [3.63, 3.8) is 0 Å². The van der Waals surface area contributed by atoms with Gasteiger partial charge in [-0.15, -0.1) is 0 Å². The van der Waals surface area contributed by atoms with E-state index in [1.165, 1.54) is 13.8 Å². The van der Waals surface area contributed by atoms with Crippen molar-refractivity contribution in [2.75, 3.05) is 38.8 Å². The molecule has 184 valence electrons. The van der Waals surface area contributed by atoms with Crippen molar-refractivity contribution in [1.82, 2.24) is 4.90 Å². The second-order valence-electron chi connectivity index (χ2n) is 10.2. The molecular formula is C26H34N2O6. The number of hydrogen-bond acceptors (Lipinski definition) is 8. The highest BCUT2D eigenvalue weighted by Gasteiger charge is 2.78. The minimum atomic E-state index is -1.64. The number of anilines is 1. The quantitative estimate of drug-likeness (QED) is 0.517. The molecule has 1 aromatic carbocycles. The van der Waals surface area contributed by atoms with Gasteiger partial charge in [0.15, 0.2) is 5.60 Å². The first kappa shape index (κ1) is 23.2. The standard InChI is InChI=1S/C26H34N2O6/c1-6-24-10-7-12-28-13-11-25(21(24)28)19-9-8-18(32-5)14-20(19)27(4)22(25)26(31,15-33-16(2)29)23(24)34-17(3)30/h7-10,14,21-23,31H,6,11-13,15H2,1-5H3/t21-,22+,23+,24+,25+,26?/m0/s1. The second kappa shape index (κ2) is 7.71.